The topological polar surface area (TPSA) is 123 Å². The van der Waals surface area contributed by atoms with Crippen LogP contribution < -0.4 is 4.74 Å². The van der Waals surface area contributed by atoms with Crippen molar-refractivity contribution in [3.63, 3.8) is 0 Å². The number of hydrogen-bond acceptors (Lipinski definition) is 9. The van der Waals surface area contributed by atoms with Crippen molar-refractivity contribution in [3.8, 4) is 17.6 Å². The van der Waals surface area contributed by atoms with E-state index in [0.29, 0.717) is 10.0 Å². The van der Waals surface area contributed by atoms with Gasteiger partial charge in [0.15, 0.2) is 17.3 Å². The number of thiophene rings is 1. The van der Waals surface area contributed by atoms with Gasteiger partial charge in [-0.15, -0.1) is 11.3 Å². The molecule has 0 spiro atoms. The molecule has 1 N–H and O–H groups in total. The average Bonchev–Trinajstić information content (AvgIpc) is 3.09. The van der Waals surface area contributed by atoms with E-state index < -0.39 is 17.7 Å². The molecule has 33 heavy (non-hydrogen) atoms. The molecule has 0 fully saturated rings. The first-order chi connectivity index (χ1) is 15.7. The number of nitrogens with zero attached hydrogens (tertiary/aromatic N) is 1. The standard InChI is InChI=1S/C23H22BrNO7S/c1-5-31-22(28)19-12(3)21(23(29)32-6-2)33-18(19)10-16(26)14(11-25)7-13-8-15(24)9-17(30-4)20(13)27/h7-9,27H,5-6,10H2,1-4H3. The summed E-state index contributed by atoms with van der Waals surface area (Å²) in [5, 5.41) is 19.9. The zero-order chi connectivity index (χ0) is 24.7. The van der Waals surface area contributed by atoms with Crippen LogP contribution in [0.25, 0.3) is 6.08 Å². The Kier molecular flexibility index (Phi) is 9.20. The summed E-state index contributed by atoms with van der Waals surface area (Å²) in [7, 11) is 1.38. The fraction of sp³-hybridized carbons (Fsp3) is 0.304. The number of aromatic hydroxyl groups is 1. The zero-order valence-electron chi connectivity index (χ0n) is 18.5. The van der Waals surface area contributed by atoms with Gasteiger partial charge in [0.2, 0.25) is 0 Å². The molecule has 1 aromatic carbocycles. The van der Waals surface area contributed by atoms with Crippen molar-refractivity contribution in [1.29, 1.82) is 5.26 Å². The normalized spacial score (nSPS) is 11.0. The maximum absolute atomic E-state index is 13.0. The number of halogens is 1. The molecule has 0 unspecified atom stereocenters. The van der Waals surface area contributed by atoms with E-state index in [1.165, 1.54) is 25.3 Å². The molecule has 1 heterocycles. The number of Topliss-reactive ketones (excluding diaryl/α,β-unsaturated/α-hetero) is 1. The monoisotopic (exact) mass is 535 g/mol. The Labute approximate surface area is 203 Å². The first-order valence-electron chi connectivity index (χ1n) is 9.86. The molecule has 0 aliphatic heterocycles. The second-order valence-corrected chi connectivity index (χ2v) is 8.63. The van der Waals surface area contributed by atoms with Crippen LogP contribution in [0, 0.1) is 18.3 Å². The minimum Gasteiger partial charge on any atom is -0.504 e. The van der Waals surface area contributed by atoms with Crippen molar-refractivity contribution in [3.05, 3.63) is 48.6 Å². The molecule has 0 amide bonds. The van der Waals surface area contributed by atoms with E-state index in [2.05, 4.69) is 15.9 Å². The lowest BCUT2D eigenvalue weighted by Gasteiger charge is -2.08. The molecule has 0 aliphatic carbocycles. The summed E-state index contributed by atoms with van der Waals surface area (Å²) in [5.74, 6) is -1.94. The van der Waals surface area contributed by atoms with Gasteiger partial charge in [-0.25, -0.2) is 9.59 Å². The molecule has 0 atom stereocenters. The fourth-order valence-electron chi connectivity index (χ4n) is 2.99. The molecule has 2 aromatic rings. The third kappa shape index (κ3) is 6.00. The van der Waals surface area contributed by atoms with Crippen LogP contribution >= 0.6 is 27.3 Å². The number of ketones is 1. The Morgan fingerprint density at radius 3 is 2.39 bits per heavy atom. The Bertz CT molecular complexity index is 1160. The minimum atomic E-state index is -0.665. The maximum Gasteiger partial charge on any atom is 0.348 e. The predicted molar refractivity (Wildman–Crippen MR) is 126 cm³/mol. The van der Waals surface area contributed by atoms with Crippen molar-refractivity contribution >= 4 is 51.1 Å². The Balaban J connectivity index is 2.50. The third-order valence-electron chi connectivity index (χ3n) is 4.49. The number of rotatable bonds is 9. The predicted octanol–water partition coefficient (Wildman–Crippen LogP) is 4.61. The Morgan fingerprint density at radius 2 is 1.82 bits per heavy atom. The molecule has 1 aromatic heterocycles. The molecule has 10 heteroatoms. The van der Waals surface area contributed by atoms with Gasteiger partial charge in [-0.05, 0) is 44.5 Å². The number of carbonyl (C=O) groups is 3. The molecular formula is C23H22BrNO7S. The van der Waals surface area contributed by atoms with Crippen LogP contribution in [0.1, 0.15) is 49.9 Å². The lowest BCUT2D eigenvalue weighted by Crippen LogP contribution is -2.12. The van der Waals surface area contributed by atoms with Crippen molar-refractivity contribution < 1.29 is 33.7 Å². The molecule has 174 valence electrons. The van der Waals surface area contributed by atoms with Crippen LogP contribution in [-0.2, 0) is 20.7 Å². The second kappa shape index (κ2) is 11.6. The van der Waals surface area contributed by atoms with Crippen LogP contribution in [0.2, 0.25) is 0 Å². The van der Waals surface area contributed by atoms with Gasteiger partial charge in [0.1, 0.15) is 10.9 Å². The minimum absolute atomic E-state index is 0.113. The summed E-state index contributed by atoms with van der Waals surface area (Å²) in [6.45, 7) is 5.15. The number of allylic oxidation sites excluding steroid dienone is 1. The van der Waals surface area contributed by atoms with E-state index in [4.69, 9.17) is 14.2 Å². The SMILES string of the molecule is CCOC(=O)c1sc(CC(=O)C(C#N)=Cc2cc(Br)cc(OC)c2O)c(C(=O)OCC)c1C. The molecule has 2 rings (SSSR count). The second-order valence-electron chi connectivity index (χ2n) is 6.61. The van der Waals surface area contributed by atoms with Crippen LogP contribution in [0.3, 0.4) is 0 Å². The van der Waals surface area contributed by atoms with Crippen molar-refractivity contribution in [2.45, 2.75) is 27.2 Å². The van der Waals surface area contributed by atoms with Gasteiger partial charge in [-0.3, -0.25) is 4.79 Å². The number of hydrogen-bond donors (Lipinski definition) is 1. The van der Waals surface area contributed by atoms with E-state index >= 15 is 0 Å². The van der Waals surface area contributed by atoms with E-state index in [9.17, 15) is 24.8 Å². The van der Waals surface area contributed by atoms with Gasteiger partial charge in [-0.2, -0.15) is 5.26 Å². The van der Waals surface area contributed by atoms with Crippen LogP contribution in [0.15, 0.2) is 22.2 Å². The number of ether oxygens (including phenoxy) is 3. The summed E-state index contributed by atoms with van der Waals surface area (Å²) in [6, 6.07) is 4.90. The quantitative estimate of drug-likeness (QED) is 0.280. The number of phenolic OH excluding ortho intramolecular Hbond substituents is 1. The summed E-state index contributed by atoms with van der Waals surface area (Å²) < 4.78 is 15.8. The average molecular weight is 536 g/mol. The number of methoxy groups -OCH3 is 1. The number of esters is 2. The molecule has 0 radical (unpaired) electrons. The number of nitriles is 1. The van der Waals surface area contributed by atoms with Crippen LogP contribution in [0.4, 0.5) is 0 Å². The van der Waals surface area contributed by atoms with Gasteiger partial charge < -0.3 is 19.3 Å². The molecule has 0 saturated carbocycles. The van der Waals surface area contributed by atoms with E-state index in [1.54, 1.807) is 20.8 Å². The van der Waals surface area contributed by atoms with Crippen LogP contribution in [-0.4, -0.2) is 43.2 Å². The molecule has 0 bridgehead atoms. The molecule has 0 saturated heterocycles. The van der Waals surface area contributed by atoms with E-state index in [0.717, 1.165) is 11.3 Å². The van der Waals surface area contributed by atoms with Crippen LogP contribution in [0.5, 0.6) is 11.5 Å². The highest BCUT2D eigenvalue weighted by molar-refractivity contribution is 9.10. The molecule has 0 aliphatic rings. The summed E-state index contributed by atoms with van der Waals surface area (Å²) in [5.41, 5.74) is 0.425. The van der Waals surface area contributed by atoms with Gasteiger partial charge in [-0.1, -0.05) is 15.9 Å². The first kappa shape index (κ1) is 26.1. The third-order valence-corrected chi connectivity index (χ3v) is 6.22. The van der Waals surface area contributed by atoms with Gasteiger partial charge in [0.05, 0.1) is 31.5 Å². The Morgan fingerprint density at radius 1 is 1.18 bits per heavy atom. The highest BCUT2D eigenvalue weighted by Gasteiger charge is 2.28. The molecular weight excluding hydrogens is 514 g/mol. The largest absolute Gasteiger partial charge is 0.504 e. The smallest absolute Gasteiger partial charge is 0.348 e. The van der Waals surface area contributed by atoms with Gasteiger partial charge in [0.25, 0.3) is 0 Å². The fourth-order valence-corrected chi connectivity index (χ4v) is 4.63. The maximum atomic E-state index is 13.0. The summed E-state index contributed by atoms with van der Waals surface area (Å²) in [4.78, 5) is 38.3. The highest BCUT2D eigenvalue weighted by Crippen LogP contribution is 2.35. The highest BCUT2D eigenvalue weighted by atomic mass is 79.9. The van der Waals surface area contributed by atoms with Gasteiger partial charge >= 0.3 is 11.9 Å². The zero-order valence-corrected chi connectivity index (χ0v) is 20.9. The van der Waals surface area contributed by atoms with E-state index in [1.807, 2.05) is 6.07 Å². The summed E-state index contributed by atoms with van der Waals surface area (Å²) >= 11 is 4.24. The van der Waals surface area contributed by atoms with Crippen molar-refractivity contribution in [2.24, 2.45) is 0 Å². The lowest BCUT2D eigenvalue weighted by molar-refractivity contribution is -0.114. The molecule has 8 nitrogen and oxygen atoms in total. The summed E-state index contributed by atoms with van der Waals surface area (Å²) in [6.07, 6.45) is 0.923. The van der Waals surface area contributed by atoms with E-state index in [-0.39, 0.29) is 57.6 Å². The number of phenols is 1. The Hall–Kier alpha value is -3.16. The van der Waals surface area contributed by atoms with Gasteiger partial charge in [0, 0.05) is 21.3 Å². The first-order valence-corrected chi connectivity index (χ1v) is 11.5. The number of benzene rings is 1. The van der Waals surface area contributed by atoms with Crippen molar-refractivity contribution in [1.82, 2.24) is 0 Å². The lowest BCUT2D eigenvalue weighted by atomic mass is 10.0. The van der Waals surface area contributed by atoms with Crippen molar-refractivity contribution in [2.75, 3.05) is 20.3 Å². The number of carbonyl (C=O) groups excluding carboxylic acids is 3.